The summed E-state index contributed by atoms with van der Waals surface area (Å²) in [4.78, 5) is 30.0. The zero-order valence-corrected chi connectivity index (χ0v) is 19.2. The second kappa shape index (κ2) is 8.36. The van der Waals surface area contributed by atoms with Crippen molar-refractivity contribution in [3.63, 3.8) is 0 Å². The van der Waals surface area contributed by atoms with E-state index in [1.807, 2.05) is 0 Å². The van der Waals surface area contributed by atoms with Crippen molar-refractivity contribution < 1.29 is 18.7 Å². The van der Waals surface area contributed by atoms with Crippen molar-refractivity contribution in [2.45, 2.75) is 42.5 Å². The van der Waals surface area contributed by atoms with Gasteiger partial charge in [0.2, 0.25) is 5.43 Å². The van der Waals surface area contributed by atoms with Gasteiger partial charge in [-0.2, -0.15) is 0 Å². The van der Waals surface area contributed by atoms with E-state index in [9.17, 15) is 14.7 Å². The summed E-state index contributed by atoms with van der Waals surface area (Å²) in [6, 6.07) is 11.9. The number of halogens is 2. The van der Waals surface area contributed by atoms with Crippen LogP contribution in [0.1, 0.15) is 40.6 Å². The van der Waals surface area contributed by atoms with E-state index in [0.717, 1.165) is 24.6 Å². The first-order valence-corrected chi connectivity index (χ1v) is 11.6. The van der Waals surface area contributed by atoms with Gasteiger partial charge in [-0.3, -0.25) is 9.78 Å². The number of aromatic carboxylic acids is 1. The summed E-state index contributed by atoms with van der Waals surface area (Å²) >= 11 is 0.981. The number of hydrogen-bond donors (Lipinski definition) is 1. The quantitative estimate of drug-likeness (QED) is 0.373. The number of carboxylic acid groups (broad SMARTS) is 1. The SMILES string of the molecule is Cc1cc(-c2c(F)c(Sc3ccccc3)c3c(=O)c(C(=O)O)cn(C4CC4)c3c2F)cc(C)n1. The third-order valence-corrected chi connectivity index (χ3v) is 6.91. The largest absolute Gasteiger partial charge is 0.477 e. The maximum Gasteiger partial charge on any atom is 0.341 e. The minimum absolute atomic E-state index is 0.0700. The van der Waals surface area contributed by atoms with Gasteiger partial charge < -0.3 is 9.67 Å². The molecule has 0 spiro atoms. The van der Waals surface area contributed by atoms with Crippen LogP contribution in [0.25, 0.3) is 22.0 Å². The van der Waals surface area contributed by atoms with Gasteiger partial charge in [0, 0.05) is 28.5 Å². The highest BCUT2D eigenvalue weighted by Crippen LogP contribution is 2.44. The number of carboxylic acids is 1. The number of pyridine rings is 2. The van der Waals surface area contributed by atoms with Crippen LogP contribution in [0.15, 0.2) is 63.2 Å². The first kappa shape index (κ1) is 22.3. The van der Waals surface area contributed by atoms with Crippen LogP contribution in [0, 0.1) is 25.5 Å². The number of hydrogen-bond acceptors (Lipinski definition) is 4. The van der Waals surface area contributed by atoms with Crippen LogP contribution >= 0.6 is 11.8 Å². The van der Waals surface area contributed by atoms with Crippen LogP contribution in [-0.4, -0.2) is 20.6 Å². The lowest BCUT2D eigenvalue weighted by Crippen LogP contribution is -2.21. The number of carbonyl (C=O) groups is 1. The molecular weight excluding hydrogens is 458 g/mol. The van der Waals surface area contributed by atoms with Crippen LogP contribution < -0.4 is 5.43 Å². The first-order chi connectivity index (χ1) is 16.3. The fourth-order valence-electron chi connectivity index (χ4n) is 4.23. The Kier molecular flexibility index (Phi) is 5.48. The Morgan fingerprint density at radius 2 is 1.74 bits per heavy atom. The molecule has 172 valence electrons. The third-order valence-electron chi connectivity index (χ3n) is 5.81. The fraction of sp³-hybridized carbons (Fsp3) is 0.192. The van der Waals surface area contributed by atoms with Gasteiger partial charge in [-0.1, -0.05) is 30.0 Å². The van der Waals surface area contributed by atoms with Gasteiger partial charge in [0.1, 0.15) is 11.4 Å². The monoisotopic (exact) mass is 478 g/mol. The average molecular weight is 479 g/mol. The molecule has 4 aromatic rings. The van der Waals surface area contributed by atoms with Crippen LogP contribution in [-0.2, 0) is 0 Å². The van der Waals surface area contributed by atoms with Crippen molar-refractivity contribution in [1.82, 2.24) is 9.55 Å². The Morgan fingerprint density at radius 1 is 1.09 bits per heavy atom. The van der Waals surface area contributed by atoms with Crippen molar-refractivity contribution in [3.05, 3.63) is 87.5 Å². The zero-order valence-electron chi connectivity index (χ0n) is 18.4. The van der Waals surface area contributed by atoms with E-state index in [1.54, 1.807) is 56.3 Å². The van der Waals surface area contributed by atoms with Crippen molar-refractivity contribution in [1.29, 1.82) is 0 Å². The predicted octanol–water partition coefficient (Wildman–Crippen LogP) is 6.14. The van der Waals surface area contributed by atoms with Crippen molar-refractivity contribution in [2.24, 2.45) is 0 Å². The first-order valence-electron chi connectivity index (χ1n) is 10.8. The Labute approximate surface area is 198 Å². The van der Waals surface area contributed by atoms with Gasteiger partial charge in [0.05, 0.1) is 21.4 Å². The molecule has 0 radical (unpaired) electrons. The molecule has 0 atom stereocenters. The molecule has 34 heavy (non-hydrogen) atoms. The summed E-state index contributed by atoms with van der Waals surface area (Å²) in [6.45, 7) is 3.48. The van der Waals surface area contributed by atoms with E-state index >= 15 is 8.78 Å². The lowest BCUT2D eigenvalue weighted by atomic mass is 9.99. The molecule has 8 heteroatoms. The summed E-state index contributed by atoms with van der Waals surface area (Å²) in [5, 5.41) is 9.40. The Bertz CT molecular complexity index is 1510. The lowest BCUT2D eigenvalue weighted by molar-refractivity contribution is 0.0694. The molecule has 1 aliphatic rings. The maximum atomic E-state index is 16.2. The highest BCUT2D eigenvalue weighted by Gasteiger charge is 2.32. The van der Waals surface area contributed by atoms with Crippen molar-refractivity contribution >= 4 is 28.6 Å². The average Bonchev–Trinajstić information content (AvgIpc) is 3.62. The summed E-state index contributed by atoms with van der Waals surface area (Å²) in [5.74, 6) is -3.20. The Morgan fingerprint density at radius 3 is 2.32 bits per heavy atom. The molecule has 2 aromatic heterocycles. The number of rotatable bonds is 5. The van der Waals surface area contributed by atoms with E-state index in [0.29, 0.717) is 21.8 Å². The van der Waals surface area contributed by atoms with E-state index < -0.39 is 28.6 Å². The predicted molar refractivity (Wildman–Crippen MR) is 127 cm³/mol. The Balaban J connectivity index is 1.95. The number of benzene rings is 2. The topological polar surface area (TPSA) is 72.2 Å². The highest BCUT2D eigenvalue weighted by atomic mass is 32.2. The molecule has 0 unspecified atom stereocenters. The van der Waals surface area contributed by atoms with E-state index in [4.69, 9.17) is 0 Å². The van der Waals surface area contributed by atoms with Gasteiger partial charge >= 0.3 is 5.97 Å². The number of aryl methyl sites for hydroxylation is 2. The van der Waals surface area contributed by atoms with Gasteiger partial charge in [-0.25, -0.2) is 13.6 Å². The summed E-state index contributed by atoms with van der Waals surface area (Å²) in [6.07, 6.45) is 2.63. The van der Waals surface area contributed by atoms with Crippen LogP contribution in [0.2, 0.25) is 0 Å². The molecule has 5 nitrogen and oxygen atoms in total. The number of aromatic nitrogens is 2. The molecule has 2 aromatic carbocycles. The van der Waals surface area contributed by atoms with E-state index in [2.05, 4.69) is 4.98 Å². The molecule has 1 saturated carbocycles. The highest BCUT2D eigenvalue weighted by molar-refractivity contribution is 7.99. The molecule has 2 heterocycles. The molecule has 0 saturated heterocycles. The Hall–Kier alpha value is -3.52. The van der Waals surface area contributed by atoms with Gasteiger partial charge in [-0.05, 0) is 56.5 Å². The van der Waals surface area contributed by atoms with Crippen LogP contribution in [0.3, 0.4) is 0 Å². The minimum Gasteiger partial charge on any atom is -0.477 e. The standard InChI is InChI=1S/C26H20F2N2O3S/c1-13-10-15(11-14(2)29-13)19-21(27)23-20(25(22(19)28)34-17-6-4-3-5-7-17)24(31)18(26(32)33)12-30(23)16-8-9-16/h3-7,10-12,16H,8-9H2,1-2H3,(H,32,33). The fourth-order valence-corrected chi connectivity index (χ4v) is 5.24. The minimum atomic E-state index is -1.43. The molecular formula is C26H20F2N2O3S. The van der Waals surface area contributed by atoms with Gasteiger partial charge in [0.25, 0.3) is 0 Å². The van der Waals surface area contributed by atoms with E-state index in [-0.39, 0.29) is 27.4 Å². The normalized spacial score (nSPS) is 13.4. The molecule has 5 rings (SSSR count). The van der Waals surface area contributed by atoms with Crippen molar-refractivity contribution in [2.75, 3.05) is 0 Å². The molecule has 0 bridgehead atoms. The third kappa shape index (κ3) is 3.77. The van der Waals surface area contributed by atoms with Gasteiger partial charge in [0.15, 0.2) is 5.82 Å². The molecule has 0 aliphatic heterocycles. The van der Waals surface area contributed by atoms with E-state index in [1.165, 1.54) is 10.8 Å². The summed E-state index contributed by atoms with van der Waals surface area (Å²) < 4.78 is 33.9. The lowest BCUT2D eigenvalue weighted by Gasteiger charge is -2.19. The van der Waals surface area contributed by atoms with Crippen LogP contribution in [0.4, 0.5) is 8.78 Å². The maximum absolute atomic E-state index is 16.2. The molecule has 1 N–H and O–H groups in total. The molecule has 1 fully saturated rings. The van der Waals surface area contributed by atoms with Crippen molar-refractivity contribution in [3.8, 4) is 11.1 Å². The second-order valence-corrected chi connectivity index (χ2v) is 9.51. The summed E-state index contributed by atoms with van der Waals surface area (Å²) in [5.41, 5.74) is -0.204. The van der Waals surface area contributed by atoms with Gasteiger partial charge in [-0.15, -0.1) is 0 Å². The van der Waals surface area contributed by atoms with Crippen LogP contribution in [0.5, 0.6) is 0 Å². The second-order valence-electron chi connectivity index (χ2n) is 8.42. The molecule has 1 aliphatic carbocycles. The zero-order chi connectivity index (χ0) is 24.1. The molecule has 0 amide bonds. The number of fused-ring (bicyclic) bond motifs is 1. The summed E-state index contributed by atoms with van der Waals surface area (Å²) in [7, 11) is 0. The smallest absolute Gasteiger partial charge is 0.341 e. The number of nitrogens with zero attached hydrogens (tertiary/aromatic N) is 2.